The lowest BCUT2D eigenvalue weighted by Crippen LogP contribution is -2.10. The first-order valence-corrected chi connectivity index (χ1v) is 8.09. The number of hydrogen-bond acceptors (Lipinski definition) is 2. The molecule has 3 rings (SSSR count). The second kappa shape index (κ2) is 6.43. The number of alkyl halides is 3. The van der Waals surface area contributed by atoms with Crippen LogP contribution < -0.4 is 5.32 Å². The van der Waals surface area contributed by atoms with Crippen LogP contribution >= 0.6 is 15.9 Å². The third-order valence-electron chi connectivity index (χ3n) is 3.92. The van der Waals surface area contributed by atoms with Crippen molar-refractivity contribution in [3.63, 3.8) is 0 Å². The van der Waals surface area contributed by atoms with Gasteiger partial charge in [0, 0.05) is 28.3 Å². The number of rotatable bonds is 3. The highest BCUT2D eigenvalue weighted by Crippen LogP contribution is 2.33. The van der Waals surface area contributed by atoms with Crippen LogP contribution in [0.3, 0.4) is 0 Å². The lowest BCUT2D eigenvalue weighted by Gasteiger charge is -2.15. The van der Waals surface area contributed by atoms with Gasteiger partial charge >= 0.3 is 6.18 Å². The highest BCUT2D eigenvalue weighted by molar-refractivity contribution is 9.10. The van der Waals surface area contributed by atoms with Gasteiger partial charge in [-0.25, -0.2) is 0 Å². The SMILES string of the molecule is Cc1c(CNc2ccnc3ccc(Br)cc23)cccc1C(F)(F)F. The first-order valence-electron chi connectivity index (χ1n) is 7.30. The number of halogens is 4. The summed E-state index contributed by atoms with van der Waals surface area (Å²) in [5, 5.41) is 4.14. The van der Waals surface area contributed by atoms with Crippen LogP contribution in [-0.4, -0.2) is 4.98 Å². The maximum atomic E-state index is 13.0. The summed E-state index contributed by atoms with van der Waals surface area (Å²) in [6.45, 7) is 1.81. The number of nitrogens with one attached hydrogen (secondary N) is 1. The molecule has 0 spiro atoms. The fraction of sp³-hybridized carbons (Fsp3) is 0.167. The minimum Gasteiger partial charge on any atom is -0.380 e. The molecule has 2 aromatic carbocycles. The Morgan fingerprint density at radius 2 is 1.92 bits per heavy atom. The Balaban J connectivity index is 1.91. The lowest BCUT2D eigenvalue weighted by atomic mass is 10.0. The van der Waals surface area contributed by atoms with Gasteiger partial charge in [0.2, 0.25) is 0 Å². The molecule has 3 aromatic rings. The second-order valence-electron chi connectivity index (χ2n) is 5.46. The predicted octanol–water partition coefficient (Wildman–Crippen LogP) is 5.94. The Kier molecular flexibility index (Phi) is 4.49. The first-order chi connectivity index (χ1) is 11.4. The molecule has 124 valence electrons. The summed E-state index contributed by atoms with van der Waals surface area (Å²) in [6, 6.07) is 11.8. The smallest absolute Gasteiger partial charge is 0.380 e. The van der Waals surface area contributed by atoms with Crippen molar-refractivity contribution >= 4 is 32.5 Å². The maximum absolute atomic E-state index is 13.0. The number of benzene rings is 2. The van der Waals surface area contributed by atoms with Gasteiger partial charge in [0.05, 0.1) is 11.1 Å². The molecule has 0 radical (unpaired) electrons. The van der Waals surface area contributed by atoms with E-state index in [0.29, 0.717) is 12.1 Å². The zero-order valence-corrected chi connectivity index (χ0v) is 14.4. The maximum Gasteiger partial charge on any atom is 0.416 e. The highest BCUT2D eigenvalue weighted by Gasteiger charge is 2.32. The average molecular weight is 395 g/mol. The third-order valence-corrected chi connectivity index (χ3v) is 4.42. The minimum absolute atomic E-state index is 0.247. The molecule has 24 heavy (non-hydrogen) atoms. The van der Waals surface area contributed by atoms with Gasteiger partial charge in [0.25, 0.3) is 0 Å². The lowest BCUT2D eigenvalue weighted by molar-refractivity contribution is -0.138. The van der Waals surface area contributed by atoms with Crippen molar-refractivity contribution in [2.45, 2.75) is 19.6 Å². The molecule has 1 N–H and O–H groups in total. The van der Waals surface area contributed by atoms with Crippen LogP contribution in [0.1, 0.15) is 16.7 Å². The third kappa shape index (κ3) is 3.38. The van der Waals surface area contributed by atoms with Gasteiger partial charge in [-0.3, -0.25) is 4.98 Å². The molecule has 0 bridgehead atoms. The average Bonchev–Trinajstić information content (AvgIpc) is 2.53. The van der Waals surface area contributed by atoms with E-state index in [-0.39, 0.29) is 5.56 Å². The van der Waals surface area contributed by atoms with Gasteiger partial charge < -0.3 is 5.32 Å². The topological polar surface area (TPSA) is 24.9 Å². The number of aromatic nitrogens is 1. The molecule has 0 fully saturated rings. The van der Waals surface area contributed by atoms with Crippen LogP contribution in [0.2, 0.25) is 0 Å². The van der Waals surface area contributed by atoms with E-state index in [4.69, 9.17) is 0 Å². The summed E-state index contributed by atoms with van der Waals surface area (Å²) in [4.78, 5) is 4.29. The van der Waals surface area contributed by atoms with Crippen molar-refractivity contribution in [2.24, 2.45) is 0 Å². The van der Waals surface area contributed by atoms with Crippen LogP contribution in [0.5, 0.6) is 0 Å². The summed E-state index contributed by atoms with van der Waals surface area (Å²) in [7, 11) is 0. The van der Waals surface area contributed by atoms with Gasteiger partial charge in [0.15, 0.2) is 0 Å². The van der Waals surface area contributed by atoms with Gasteiger partial charge in [-0.05, 0) is 48.4 Å². The summed E-state index contributed by atoms with van der Waals surface area (Å²) in [6.07, 6.45) is -2.66. The molecular formula is C18H14BrF3N2. The summed E-state index contributed by atoms with van der Waals surface area (Å²) in [5.41, 5.74) is 1.92. The molecule has 6 heteroatoms. The number of pyridine rings is 1. The van der Waals surface area contributed by atoms with E-state index in [2.05, 4.69) is 26.2 Å². The van der Waals surface area contributed by atoms with Gasteiger partial charge in [0.1, 0.15) is 0 Å². The minimum atomic E-state index is -4.34. The van der Waals surface area contributed by atoms with Gasteiger partial charge in [-0.2, -0.15) is 13.2 Å². The zero-order valence-electron chi connectivity index (χ0n) is 12.8. The molecule has 0 unspecified atom stereocenters. The quantitative estimate of drug-likeness (QED) is 0.594. The van der Waals surface area contributed by atoms with Crippen LogP contribution in [0.25, 0.3) is 10.9 Å². The molecule has 0 aliphatic heterocycles. The number of hydrogen-bond donors (Lipinski definition) is 1. The predicted molar refractivity (Wildman–Crippen MR) is 93.0 cm³/mol. The van der Waals surface area contributed by atoms with Gasteiger partial charge in [-0.15, -0.1) is 0 Å². The highest BCUT2D eigenvalue weighted by atomic mass is 79.9. The molecule has 1 aromatic heterocycles. The van der Waals surface area contributed by atoms with E-state index in [9.17, 15) is 13.2 Å². The molecule has 0 aliphatic rings. The van der Waals surface area contributed by atoms with Crippen LogP contribution in [0.4, 0.5) is 18.9 Å². The van der Waals surface area contributed by atoms with Crippen LogP contribution in [-0.2, 0) is 12.7 Å². The molecule has 0 amide bonds. The van der Waals surface area contributed by atoms with Crippen LogP contribution in [0.15, 0.2) is 53.1 Å². The van der Waals surface area contributed by atoms with E-state index < -0.39 is 11.7 Å². The number of anilines is 1. The van der Waals surface area contributed by atoms with E-state index >= 15 is 0 Å². The first kappa shape index (κ1) is 16.8. The molecule has 0 atom stereocenters. The normalized spacial score (nSPS) is 11.7. The zero-order chi connectivity index (χ0) is 17.3. The van der Waals surface area contributed by atoms with Crippen LogP contribution in [0, 0.1) is 6.92 Å². The summed E-state index contributed by atoms with van der Waals surface area (Å²) < 4.78 is 40.0. The van der Waals surface area contributed by atoms with Crippen molar-refractivity contribution in [3.8, 4) is 0 Å². The van der Waals surface area contributed by atoms with Crippen molar-refractivity contribution in [3.05, 3.63) is 69.8 Å². The van der Waals surface area contributed by atoms with Crippen molar-refractivity contribution < 1.29 is 13.2 Å². The standard InChI is InChI=1S/C18H14BrF3N2/c1-11-12(3-2-4-15(11)18(20,21)22)10-24-17-7-8-23-16-6-5-13(19)9-14(16)17/h2-9H,10H2,1H3,(H,23,24). The fourth-order valence-corrected chi connectivity index (χ4v) is 3.01. The Morgan fingerprint density at radius 3 is 2.67 bits per heavy atom. The van der Waals surface area contributed by atoms with E-state index in [1.54, 1.807) is 12.3 Å². The number of nitrogens with zero attached hydrogens (tertiary/aromatic N) is 1. The Morgan fingerprint density at radius 1 is 1.12 bits per heavy atom. The van der Waals surface area contributed by atoms with E-state index in [1.807, 2.05) is 24.3 Å². The Hall–Kier alpha value is -2.08. The summed E-state index contributed by atoms with van der Waals surface area (Å²) >= 11 is 3.43. The van der Waals surface area contributed by atoms with E-state index in [1.165, 1.54) is 13.0 Å². The molecule has 0 aliphatic carbocycles. The van der Waals surface area contributed by atoms with Crippen molar-refractivity contribution in [1.29, 1.82) is 0 Å². The molecule has 1 heterocycles. The monoisotopic (exact) mass is 394 g/mol. The molecule has 2 nitrogen and oxygen atoms in total. The molecular weight excluding hydrogens is 381 g/mol. The summed E-state index contributed by atoms with van der Waals surface area (Å²) in [5.74, 6) is 0. The largest absolute Gasteiger partial charge is 0.416 e. The van der Waals surface area contributed by atoms with E-state index in [0.717, 1.165) is 27.1 Å². The van der Waals surface area contributed by atoms with Crippen molar-refractivity contribution in [1.82, 2.24) is 4.98 Å². The van der Waals surface area contributed by atoms with Crippen molar-refractivity contribution in [2.75, 3.05) is 5.32 Å². The second-order valence-corrected chi connectivity index (χ2v) is 6.38. The molecule has 0 saturated heterocycles. The molecule has 0 saturated carbocycles. The number of fused-ring (bicyclic) bond motifs is 1. The Bertz CT molecular complexity index is 891. The Labute approximate surface area is 145 Å². The fourth-order valence-electron chi connectivity index (χ4n) is 2.65. The van der Waals surface area contributed by atoms with Gasteiger partial charge in [-0.1, -0.05) is 28.1 Å².